The topological polar surface area (TPSA) is 50.6 Å². The van der Waals surface area contributed by atoms with Crippen LogP contribution in [0.15, 0.2) is 0 Å². The normalized spacial score (nSPS) is 26.6. The fraction of sp³-hybridized carbons (Fsp3) is 0.667. The largest absolute Gasteiger partial charge is 0.376 e. The molecule has 0 amide bonds. The van der Waals surface area contributed by atoms with Gasteiger partial charge in [0.1, 0.15) is 0 Å². The molecule has 0 radical (unpaired) electrons. The molecule has 40 valence electrons. The molecular formula is C3H6N2OS. The third kappa shape index (κ3) is 1.70. The summed E-state index contributed by atoms with van der Waals surface area (Å²) < 4.78 is 4.74. The number of nitrogens with one attached hydrogen (secondary N) is 1. The van der Waals surface area contributed by atoms with Crippen LogP contribution < -0.4 is 11.1 Å². The summed E-state index contributed by atoms with van der Waals surface area (Å²) in [4.78, 5) is 0. The molecule has 0 spiro atoms. The van der Waals surface area contributed by atoms with E-state index < -0.39 is 0 Å². The molecule has 0 saturated carbocycles. The molecule has 1 rings (SSSR count). The quantitative estimate of drug-likeness (QED) is 0.349. The minimum Gasteiger partial charge on any atom is -0.376 e. The van der Waals surface area contributed by atoms with E-state index in [0.717, 1.165) is 6.61 Å². The fourth-order valence-electron chi connectivity index (χ4n) is 0.290. The molecule has 0 aromatic rings. The van der Waals surface area contributed by atoms with Gasteiger partial charge >= 0.3 is 0 Å². The van der Waals surface area contributed by atoms with Crippen LogP contribution in [0.5, 0.6) is 0 Å². The second-order valence-electron chi connectivity index (χ2n) is 1.33. The maximum absolute atomic E-state index is 5.07. The molecule has 0 bridgehead atoms. The van der Waals surface area contributed by atoms with Gasteiger partial charge in [0.05, 0.1) is 6.61 Å². The predicted octanol–water partition coefficient (Wildman–Crippen LogP) is -0.824. The highest BCUT2D eigenvalue weighted by molar-refractivity contribution is 7.80. The number of thiocarbonyl (C=S) groups is 1. The minimum absolute atomic E-state index is 0.109. The smallest absolute Gasteiger partial charge is 0.165 e. The van der Waals surface area contributed by atoms with Gasteiger partial charge in [-0.2, -0.15) is 0 Å². The Morgan fingerprint density at radius 2 is 2.57 bits per heavy atom. The van der Waals surface area contributed by atoms with E-state index in [1.807, 2.05) is 0 Å². The standard InChI is InChI=1S/C3H6N2OS/c4-3(7)5-2-1-6-2/h2H,1H2,(H3,4,5,7). The van der Waals surface area contributed by atoms with Crippen molar-refractivity contribution in [3.05, 3.63) is 0 Å². The van der Waals surface area contributed by atoms with Crippen molar-refractivity contribution in [2.45, 2.75) is 6.23 Å². The Morgan fingerprint density at radius 3 is 2.71 bits per heavy atom. The van der Waals surface area contributed by atoms with Crippen molar-refractivity contribution in [3.8, 4) is 0 Å². The van der Waals surface area contributed by atoms with Crippen molar-refractivity contribution < 1.29 is 4.74 Å². The van der Waals surface area contributed by atoms with Gasteiger partial charge in [-0.1, -0.05) is 0 Å². The van der Waals surface area contributed by atoms with Gasteiger partial charge in [0.15, 0.2) is 11.3 Å². The van der Waals surface area contributed by atoms with Gasteiger partial charge in [-0.05, 0) is 12.2 Å². The Morgan fingerprint density at radius 1 is 2.00 bits per heavy atom. The lowest BCUT2D eigenvalue weighted by atomic mass is 10.8. The number of epoxide rings is 1. The summed E-state index contributed by atoms with van der Waals surface area (Å²) in [5.74, 6) is 0. The molecule has 1 aliphatic heterocycles. The molecule has 3 nitrogen and oxygen atoms in total. The molecule has 1 atom stereocenters. The predicted molar refractivity (Wildman–Crippen MR) is 29.7 cm³/mol. The Hall–Kier alpha value is -0.350. The lowest BCUT2D eigenvalue weighted by Gasteiger charge is -1.92. The maximum Gasteiger partial charge on any atom is 0.165 e. The van der Waals surface area contributed by atoms with E-state index in [-0.39, 0.29) is 6.23 Å². The van der Waals surface area contributed by atoms with Gasteiger partial charge in [-0.15, -0.1) is 0 Å². The van der Waals surface area contributed by atoms with Crippen LogP contribution in [0.25, 0.3) is 0 Å². The van der Waals surface area contributed by atoms with E-state index in [1.165, 1.54) is 0 Å². The first-order chi connectivity index (χ1) is 3.29. The van der Waals surface area contributed by atoms with Crippen LogP contribution in [0, 0.1) is 0 Å². The van der Waals surface area contributed by atoms with Gasteiger partial charge in [0.25, 0.3) is 0 Å². The SMILES string of the molecule is NC(=S)NC1CO1. The van der Waals surface area contributed by atoms with Crippen molar-refractivity contribution in [2.24, 2.45) is 5.73 Å². The van der Waals surface area contributed by atoms with Crippen LogP contribution in [0.3, 0.4) is 0 Å². The first kappa shape index (κ1) is 4.80. The molecule has 0 aromatic heterocycles. The zero-order valence-corrected chi connectivity index (χ0v) is 4.49. The monoisotopic (exact) mass is 118 g/mol. The van der Waals surface area contributed by atoms with Crippen LogP contribution >= 0.6 is 12.2 Å². The molecule has 1 fully saturated rings. The number of ether oxygens (including phenoxy) is 1. The maximum atomic E-state index is 5.07. The Balaban J connectivity index is 2.08. The molecule has 4 heteroatoms. The van der Waals surface area contributed by atoms with Crippen molar-refractivity contribution in [2.75, 3.05) is 6.61 Å². The summed E-state index contributed by atoms with van der Waals surface area (Å²) in [6, 6.07) is 0. The zero-order chi connectivity index (χ0) is 5.28. The zero-order valence-electron chi connectivity index (χ0n) is 3.68. The van der Waals surface area contributed by atoms with Gasteiger partial charge in [-0.3, -0.25) is 0 Å². The number of nitrogens with two attached hydrogens (primary N) is 1. The molecule has 1 heterocycles. The molecular weight excluding hydrogens is 112 g/mol. The van der Waals surface area contributed by atoms with Gasteiger partial charge in [0.2, 0.25) is 0 Å². The van der Waals surface area contributed by atoms with Crippen LogP contribution in [0.4, 0.5) is 0 Å². The summed E-state index contributed by atoms with van der Waals surface area (Å²) in [7, 11) is 0. The third-order valence-corrected chi connectivity index (χ3v) is 0.754. The molecule has 1 unspecified atom stereocenters. The van der Waals surface area contributed by atoms with Gasteiger partial charge in [-0.25, -0.2) is 0 Å². The van der Waals surface area contributed by atoms with Crippen molar-refractivity contribution in [1.29, 1.82) is 0 Å². The average molecular weight is 118 g/mol. The van der Waals surface area contributed by atoms with Crippen LogP contribution in [0.2, 0.25) is 0 Å². The fourth-order valence-corrected chi connectivity index (χ4v) is 0.422. The van der Waals surface area contributed by atoms with Crippen LogP contribution in [-0.4, -0.2) is 17.9 Å². The molecule has 7 heavy (non-hydrogen) atoms. The van der Waals surface area contributed by atoms with Crippen molar-refractivity contribution >= 4 is 17.3 Å². The van der Waals surface area contributed by atoms with Crippen molar-refractivity contribution in [1.82, 2.24) is 5.32 Å². The Labute approximate surface area is 46.8 Å². The summed E-state index contributed by atoms with van der Waals surface area (Å²) in [6.07, 6.45) is 0.109. The summed E-state index contributed by atoms with van der Waals surface area (Å²) in [6.45, 7) is 0.733. The molecule has 0 aromatic carbocycles. The molecule has 0 aliphatic carbocycles. The summed E-state index contributed by atoms with van der Waals surface area (Å²) in [5.41, 5.74) is 5.07. The van der Waals surface area contributed by atoms with Gasteiger partial charge < -0.3 is 15.8 Å². The first-order valence-corrected chi connectivity index (χ1v) is 2.37. The van der Waals surface area contributed by atoms with Crippen molar-refractivity contribution in [3.63, 3.8) is 0 Å². The second kappa shape index (κ2) is 1.63. The van der Waals surface area contributed by atoms with Crippen LogP contribution in [0.1, 0.15) is 0 Å². The van der Waals surface area contributed by atoms with E-state index in [2.05, 4.69) is 17.5 Å². The van der Waals surface area contributed by atoms with E-state index >= 15 is 0 Å². The molecule has 3 N–H and O–H groups in total. The van der Waals surface area contributed by atoms with E-state index in [0.29, 0.717) is 5.11 Å². The highest BCUT2D eigenvalue weighted by Crippen LogP contribution is 2.02. The molecule has 1 aliphatic rings. The lowest BCUT2D eigenvalue weighted by molar-refractivity contribution is 0.397. The summed E-state index contributed by atoms with van der Waals surface area (Å²) >= 11 is 4.50. The van der Waals surface area contributed by atoms with Crippen LogP contribution in [-0.2, 0) is 4.74 Å². The Bertz CT molecular complexity index is 90.9. The highest BCUT2D eigenvalue weighted by Gasteiger charge is 2.21. The minimum atomic E-state index is 0.109. The molecule has 1 saturated heterocycles. The lowest BCUT2D eigenvalue weighted by Crippen LogP contribution is -2.31. The first-order valence-electron chi connectivity index (χ1n) is 1.96. The third-order valence-electron chi connectivity index (χ3n) is 0.637. The number of hydrogen-bond donors (Lipinski definition) is 2. The second-order valence-corrected chi connectivity index (χ2v) is 1.77. The average Bonchev–Trinajstić information content (AvgIpc) is 2.17. The van der Waals surface area contributed by atoms with E-state index in [4.69, 9.17) is 10.5 Å². The van der Waals surface area contributed by atoms with E-state index in [9.17, 15) is 0 Å². The number of hydrogen-bond acceptors (Lipinski definition) is 2. The number of rotatable bonds is 1. The van der Waals surface area contributed by atoms with Gasteiger partial charge in [0, 0.05) is 0 Å². The highest BCUT2D eigenvalue weighted by atomic mass is 32.1. The Kier molecular flexibility index (Phi) is 1.12. The van der Waals surface area contributed by atoms with E-state index in [1.54, 1.807) is 0 Å². The summed E-state index contributed by atoms with van der Waals surface area (Å²) in [5, 5.41) is 3.01.